The van der Waals surface area contributed by atoms with Crippen molar-refractivity contribution in [2.75, 3.05) is 0 Å². The van der Waals surface area contributed by atoms with E-state index >= 15 is 0 Å². The summed E-state index contributed by atoms with van der Waals surface area (Å²) in [6.45, 7) is -0.530. The second kappa shape index (κ2) is 7.29. The van der Waals surface area contributed by atoms with E-state index in [0.29, 0.717) is 0 Å². The monoisotopic (exact) mass is 508 g/mol. The van der Waals surface area contributed by atoms with Crippen LogP contribution in [0.4, 0.5) is 57.1 Å². The molecule has 0 amide bonds. The van der Waals surface area contributed by atoms with E-state index in [9.17, 15) is 61.9 Å². The van der Waals surface area contributed by atoms with Crippen molar-refractivity contribution >= 4 is 40.8 Å². The van der Waals surface area contributed by atoms with Gasteiger partial charge >= 0.3 is 41.7 Å². The Balaban J connectivity index is 6.36. The quantitative estimate of drug-likeness (QED) is 0.238. The topological polar surface area (TPSA) is 26.3 Å². The Bertz CT molecular complexity index is 600. The van der Waals surface area contributed by atoms with E-state index in [1.807, 2.05) is 0 Å². The van der Waals surface area contributed by atoms with Gasteiger partial charge in [-0.25, -0.2) is 9.18 Å². The molecule has 0 aliphatic carbocycles. The molecule has 0 aromatic heterocycles. The molecule has 0 spiro atoms. The molecule has 0 aromatic carbocycles. The lowest BCUT2D eigenvalue weighted by Crippen LogP contribution is -2.72. The van der Waals surface area contributed by atoms with Crippen molar-refractivity contribution in [3.63, 3.8) is 0 Å². The van der Waals surface area contributed by atoms with Crippen LogP contribution in [-0.2, 0) is 9.53 Å². The molecule has 0 aliphatic rings. The van der Waals surface area contributed by atoms with Gasteiger partial charge in [-0.05, 0) is 6.92 Å². The number of hydrogen-bond donors (Lipinski definition) is 0. The van der Waals surface area contributed by atoms with Crippen molar-refractivity contribution in [2.45, 2.75) is 52.6 Å². The van der Waals surface area contributed by atoms with Gasteiger partial charge in [-0.1, -0.05) is 34.8 Å². The molecule has 18 heteroatoms. The summed E-state index contributed by atoms with van der Waals surface area (Å²) in [6, 6.07) is 0. The number of carbonyl (C=O) groups is 1. The van der Waals surface area contributed by atoms with Crippen LogP contribution in [0.25, 0.3) is 0 Å². The highest BCUT2D eigenvalue weighted by molar-refractivity contribution is 6.75. The lowest BCUT2D eigenvalue weighted by Gasteiger charge is -2.41. The molecule has 0 fully saturated rings. The lowest BCUT2D eigenvalue weighted by atomic mass is 9.92. The van der Waals surface area contributed by atoms with Gasteiger partial charge < -0.3 is 4.74 Å². The summed E-state index contributed by atoms with van der Waals surface area (Å²) >= 11 is 13.8. The van der Waals surface area contributed by atoms with Gasteiger partial charge in [-0.15, -0.1) is 0 Å². The Morgan fingerprint density at radius 1 is 0.714 bits per heavy atom. The van der Waals surface area contributed by atoms with E-state index < -0.39 is 58.6 Å². The number of ether oxygens (including phenoxy) is 1. The zero-order valence-electron chi connectivity index (χ0n) is 12.4. The van der Waals surface area contributed by atoms with E-state index in [4.69, 9.17) is 0 Å². The summed E-state index contributed by atoms with van der Waals surface area (Å²) in [5.41, 5.74) is 0. The smallest absolute Gasteiger partial charge is 0.393 e. The maximum atomic E-state index is 13.3. The number of alkyl halides is 16. The third kappa shape index (κ3) is 4.02. The molecule has 2 nitrogen and oxygen atoms in total. The molecule has 168 valence electrons. The van der Waals surface area contributed by atoms with Crippen LogP contribution in [0.1, 0.15) is 6.92 Å². The van der Waals surface area contributed by atoms with Gasteiger partial charge in [0.05, 0.1) is 0 Å². The first-order valence-electron chi connectivity index (χ1n) is 6.03. The van der Waals surface area contributed by atoms with Crippen molar-refractivity contribution in [3.8, 4) is 0 Å². The summed E-state index contributed by atoms with van der Waals surface area (Å²) < 4.78 is 169. The third-order valence-electron chi connectivity index (χ3n) is 2.92. The summed E-state index contributed by atoms with van der Waals surface area (Å²) in [6.07, 6.45) is -11.4. The Labute approximate surface area is 160 Å². The minimum absolute atomic E-state index is 0.530. The maximum Gasteiger partial charge on any atom is 0.473 e. The zero-order valence-corrected chi connectivity index (χ0v) is 14.7. The molecule has 0 aliphatic heterocycles. The average Bonchev–Trinajstić information content (AvgIpc) is 2.44. The minimum Gasteiger partial charge on any atom is -0.393 e. The number of rotatable bonds is 7. The highest BCUT2D eigenvalue weighted by Gasteiger charge is 2.91. The molecular formula is C10H4Cl3F13O2. The molecule has 0 saturated carbocycles. The second-order valence-corrected chi connectivity index (χ2v) is 7.22. The van der Waals surface area contributed by atoms with Gasteiger partial charge in [0.15, 0.2) is 6.17 Å². The highest BCUT2D eigenvalue weighted by Crippen LogP contribution is 2.61. The van der Waals surface area contributed by atoms with E-state index in [2.05, 4.69) is 39.5 Å². The van der Waals surface area contributed by atoms with Gasteiger partial charge in [0.25, 0.3) is 3.79 Å². The number of esters is 1. The number of hydrogen-bond acceptors (Lipinski definition) is 2. The molecule has 0 rings (SSSR count). The SMILES string of the molecule is CC(F)C(F)(F)C(F)(F)C(F)(F)C(F)(F)C(F)(F)C(F)(F)OC(=O)C(Cl)(Cl)Cl. The standard InChI is InChI=1S/C10H4Cl3F13O2/c1-2(14)4(15,16)6(17,18)7(19,20)8(21,22)9(23,24)10(25,26)28-3(27)5(11,12)13/h2H,1H3. The summed E-state index contributed by atoms with van der Waals surface area (Å²) in [5, 5.41) is 0. The fourth-order valence-electron chi connectivity index (χ4n) is 1.27. The van der Waals surface area contributed by atoms with Crippen molar-refractivity contribution in [2.24, 2.45) is 0 Å². The third-order valence-corrected chi connectivity index (χ3v) is 3.38. The van der Waals surface area contributed by atoms with E-state index in [1.165, 1.54) is 0 Å². The molecule has 1 atom stereocenters. The predicted molar refractivity (Wildman–Crippen MR) is 66.6 cm³/mol. The fraction of sp³-hybridized carbons (Fsp3) is 0.900. The van der Waals surface area contributed by atoms with Crippen LogP contribution in [0.2, 0.25) is 0 Å². The summed E-state index contributed by atoms with van der Waals surface area (Å²) in [7, 11) is 0. The minimum atomic E-state index is -8.06. The van der Waals surface area contributed by atoms with Crippen LogP contribution < -0.4 is 0 Å². The first-order valence-corrected chi connectivity index (χ1v) is 7.17. The van der Waals surface area contributed by atoms with Gasteiger partial charge in [-0.3, -0.25) is 0 Å². The van der Waals surface area contributed by atoms with Crippen LogP contribution in [0.15, 0.2) is 0 Å². The maximum absolute atomic E-state index is 13.3. The fourth-order valence-corrected chi connectivity index (χ4v) is 1.39. The average molecular weight is 509 g/mol. The first-order chi connectivity index (χ1) is 11.8. The first kappa shape index (κ1) is 27.4. The molecule has 28 heavy (non-hydrogen) atoms. The van der Waals surface area contributed by atoms with Crippen molar-refractivity contribution in [1.82, 2.24) is 0 Å². The van der Waals surface area contributed by atoms with Crippen molar-refractivity contribution in [1.29, 1.82) is 0 Å². The van der Waals surface area contributed by atoms with Crippen molar-refractivity contribution in [3.05, 3.63) is 0 Å². The molecule has 0 N–H and O–H groups in total. The van der Waals surface area contributed by atoms with Gasteiger partial charge in [0.1, 0.15) is 0 Å². The molecule has 0 bridgehead atoms. The van der Waals surface area contributed by atoms with Crippen LogP contribution in [-0.4, -0.2) is 51.7 Å². The van der Waals surface area contributed by atoms with Gasteiger partial charge in [0.2, 0.25) is 0 Å². The number of carbonyl (C=O) groups excluding carboxylic acids is 1. The van der Waals surface area contributed by atoms with Crippen LogP contribution >= 0.6 is 34.8 Å². The molecule has 1 unspecified atom stereocenters. The molecule has 0 radical (unpaired) electrons. The summed E-state index contributed by atoms with van der Waals surface area (Å²) in [4.78, 5) is 10.8. The van der Waals surface area contributed by atoms with E-state index in [-0.39, 0.29) is 0 Å². The molecule has 0 saturated heterocycles. The largest absolute Gasteiger partial charge is 0.473 e. The normalized spacial score (nSPS) is 16.8. The zero-order chi connectivity index (χ0) is 23.4. The summed E-state index contributed by atoms with van der Waals surface area (Å²) in [5.74, 6) is -41.2. The second-order valence-electron chi connectivity index (χ2n) is 4.94. The van der Waals surface area contributed by atoms with Crippen LogP contribution in [0, 0.1) is 0 Å². The molecular weight excluding hydrogens is 505 g/mol. The van der Waals surface area contributed by atoms with Crippen LogP contribution in [0.3, 0.4) is 0 Å². The lowest BCUT2D eigenvalue weighted by molar-refractivity contribution is -0.453. The highest BCUT2D eigenvalue weighted by atomic mass is 35.6. The van der Waals surface area contributed by atoms with Gasteiger partial charge in [0, 0.05) is 0 Å². The van der Waals surface area contributed by atoms with E-state index in [1.54, 1.807) is 0 Å². The van der Waals surface area contributed by atoms with Gasteiger partial charge in [-0.2, -0.15) is 52.7 Å². The van der Waals surface area contributed by atoms with Crippen LogP contribution in [0.5, 0.6) is 0 Å². The Kier molecular flexibility index (Phi) is 7.14. The Hall–Kier alpha value is -0.570. The Morgan fingerprint density at radius 3 is 1.32 bits per heavy atom. The molecule has 0 heterocycles. The molecule has 0 aromatic rings. The van der Waals surface area contributed by atoms with Crippen molar-refractivity contribution < 1.29 is 66.6 Å². The number of halogens is 16. The Morgan fingerprint density at radius 2 is 1.04 bits per heavy atom. The van der Waals surface area contributed by atoms with E-state index in [0.717, 1.165) is 0 Å². The predicted octanol–water partition coefficient (Wildman–Crippen LogP) is 6.03.